The SMILES string of the molecule is CC(/C=C/C1=C(O)CCC[C@]1(C)c1ccccc1)=C\C=C\C(C)=C\C(=O)O. The van der Waals surface area contributed by atoms with Crippen LogP contribution in [0.2, 0.25) is 0 Å². The van der Waals surface area contributed by atoms with Gasteiger partial charge < -0.3 is 10.2 Å². The van der Waals surface area contributed by atoms with Gasteiger partial charge in [0.1, 0.15) is 0 Å². The molecule has 0 heterocycles. The molecular weight excluding hydrogens is 336 g/mol. The van der Waals surface area contributed by atoms with Crippen molar-refractivity contribution < 1.29 is 15.0 Å². The predicted molar refractivity (Wildman–Crippen MR) is 111 cm³/mol. The molecule has 1 atom stereocenters. The second kappa shape index (κ2) is 9.22. The highest BCUT2D eigenvalue weighted by Crippen LogP contribution is 2.43. The van der Waals surface area contributed by atoms with E-state index in [-0.39, 0.29) is 5.41 Å². The molecular formula is C24H28O3. The number of hydrogen-bond acceptors (Lipinski definition) is 2. The molecule has 0 bridgehead atoms. The lowest BCUT2D eigenvalue weighted by atomic mass is 9.68. The molecule has 1 aliphatic carbocycles. The summed E-state index contributed by atoms with van der Waals surface area (Å²) in [5.41, 5.74) is 3.69. The Hall–Kier alpha value is -2.81. The first-order valence-corrected chi connectivity index (χ1v) is 9.25. The molecule has 3 nitrogen and oxygen atoms in total. The van der Waals surface area contributed by atoms with Gasteiger partial charge in [0.15, 0.2) is 0 Å². The quantitative estimate of drug-likeness (QED) is 0.478. The molecule has 27 heavy (non-hydrogen) atoms. The fourth-order valence-electron chi connectivity index (χ4n) is 3.45. The third-order valence-electron chi connectivity index (χ3n) is 4.99. The Morgan fingerprint density at radius 1 is 1.11 bits per heavy atom. The average molecular weight is 364 g/mol. The van der Waals surface area contributed by atoms with Gasteiger partial charge in [0, 0.05) is 17.9 Å². The minimum Gasteiger partial charge on any atom is -0.512 e. The van der Waals surface area contributed by atoms with E-state index in [4.69, 9.17) is 5.11 Å². The van der Waals surface area contributed by atoms with Gasteiger partial charge in [0.25, 0.3) is 0 Å². The predicted octanol–water partition coefficient (Wildman–Crippen LogP) is 6.03. The van der Waals surface area contributed by atoms with Crippen LogP contribution in [-0.4, -0.2) is 16.2 Å². The van der Waals surface area contributed by atoms with Crippen LogP contribution in [0, 0.1) is 0 Å². The number of carbonyl (C=O) groups is 1. The average Bonchev–Trinajstić information content (AvgIpc) is 2.61. The highest BCUT2D eigenvalue weighted by molar-refractivity contribution is 5.81. The zero-order valence-electron chi connectivity index (χ0n) is 16.3. The third kappa shape index (κ3) is 5.58. The minimum atomic E-state index is -0.947. The molecule has 0 aromatic heterocycles. The normalized spacial score (nSPS) is 22.0. The Balaban J connectivity index is 2.23. The van der Waals surface area contributed by atoms with Crippen molar-refractivity contribution in [2.45, 2.75) is 45.4 Å². The smallest absolute Gasteiger partial charge is 0.328 e. The van der Waals surface area contributed by atoms with E-state index in [0.29, 0.717) is 17.8 Å². The molecule has 0 amide bonds. The number of benzene rings is 1. The summed E-state index contributed by atoms with van der Waals surface area (Å²) in [6.07, 6.45) is 13.4. The monoisotopic (exact) mass is 364 g/mol. The molecule has 0 radical (unpaired) electrons. The summed E-state index contributed by atoms with van der Waals surface area (Å²) in [5.74, 6) is -0.481. The first-order valence-electron chi connectivity index (χ1n) is 9.25. The van der Waals surface area contributed by atoms with Crippen LogP contribution < -0.4 is 0 Å². The minimum absolute atomic E-state index is 0.197. The van der Waals surface area contributed by atoms with Crippen molar-refractivity contribution >= 4 is 5.97 Å². The standard InChI is InChI=1S/C24H28O3/c1-18(9-7-10-19(2)17-23(26)27)14-15-21-22(25)13-8-16-24(21,3)20-11-5-4-6-12-20/h4-7,9-12,14-15,17,25H,8,13,16H2,1-3H3,(H,26,27)/b10-7+,15-14+,18-9+,19-17+/t24-/m1/s1. The fraction of sp³-hybridized carbons (Fsp3) is 0.292. The van der Waals surface area contributed by atoms with Crippen LogP contribution in [0.25, 0.3) is 0 Å². The topological polar surface area (TPSA) is 57.5 Å². The van der Waals surface area contributed by atoms with Gasteiger partial charge in [-0.15, -0.1) is 0 Å². The van der Waals surface area contributed by atoms with Gasteiger partial charge in [0.2, 0.25) is 0 Å². The molecule has 142 valence electrons. The molecule has 1 aromatic rings. The van der Waals surface area contributed by atoms with Crippen molar-refractivity contribution in [3.63, 3.8) is 0 Å². The second-order valence-corrected chi connectivity index (χ2v) is 7.24. The van der Waals surface area contributed by atoms with Gasteiger partial charge in [-0.3, -0.25) is 0 Å². The van der Waals surface area contributed by atoms with Crippen molar-refractivity contribution in [3.05, 3.63) is 94.8 Å². The van der Waals surface area contributed by atoms with E-state index < -0.39 is 5.97 Å². The lowest BCUT2D eigenvalue weighted by Crippen LogP contribution is -2.28. The summed E-state index contributed by atoms with van der Waals surface area (Å²) in [4.78, 5) is 10.6. The zero-order valence-corrected chi connectivity index (χ0v) is 16.3. The zero-order chi connectivity index (χ0) is 19.9. The Morgan fingerprint density at radius 3 is 2.48 bits per heavy atom. The maximum atomic E-state index is 10.6. The summed E-state index contributed by atoms with van der Waals surface area (Å²) in [7, 11) is 0. The highest BCUT2D eigenvalue weighted by Gasteiger charge is 2.34. The number of allylic oxidation sites excluding steroid dienone is 9. The van der Waals surface area contributed by atoms with Crippen molar-refractivity contribution in [3.8, 4) is 0 Å². The van der Waals surface area contributed by atoms with E-state index in [2.05, 4.69) is 19.1 Å². The summed E-state index contributed by atoms with van der Waals surface area (Å²) in [6, 6.07) is 10.3. The maximum absolute atomic E-state index is 10.6. The number of carboxylic acid groups (broad SMARTS) is 1. The van der Waals surface area contributed by atoms with Crippen LogP contribution in [0.1, 0.15) is 45.6 Å². The summed E-state index contributed by atoms with van der Waals surface area (Å²) in [5, 5.41) is 19.3. The Bertz CT molecular complexity index is 822. The van der Waals surface area contributed by atoms with Crippen LogP contribution in [0.15, 0.2) is 89.3 Å². The Morgan fingerprint density at radius 2 is 1.81 bits per heavy atom. The third-order valence-corrected chi connectivity index (χ3v) is 4.99. The van der Waals surface area contributed by atoms with E-state index in [9.17, 15) is 9.90 Å². The molecule has 3 heteroatoms. The number of rotatable bonds is 6. The van der Waals surface area contributed by atoms with Gasteiger partial charge >= 0.3 is 5.97 Å². The second-order valence-electron chi connectivity index (χ2n) is 7.24. The molecule has 0 saturated heterocycles. The largest absolute Gasteiger partial charge is 0.512 e. The first kappa shape index (κ1) is 20.5. The van der Waals surface area contributed by atoms with Crippen molar-refractivity contribution in [1.82, 2.24) is 0 Å². The number of hydrogen-bond donors (Lipinski definition) is 2. The van der Waals surface area contributed by atoms with Gasteiger partial charge in [0.05, 0.1) is 5.76 Å². The summed E-state index contributed by atoms with van der Waals surface area (Å²) < 4.78 is 0. The van der Waals surface area contributed by atoms with Crippen molar-refractivity contribution in [1.29, 1.82) is 0 Å². The Labute approximate surface area is 161 Å². The lowest BCUT2D eigenvalue weighted by molar-refractivity contribution is -0.131. The molecule has 0 fully saturated rings. The first-order chi connectivity index (χ1) is 12.8. The summed E-state index contributed by atoms with van der Waals surface area (Å²) >= 11 is 0. The van der Waals surface area contributed by atoms with Crippen LogP contribution in [0.4, 0.5) is 0 Å². The number of aliphatic hydroxyl groups excluding tert-OH is 1. The van der Waals surface area contributed by atoms with Crippen LogP contribution in [0.3, 0.4) is 0 Å². The number of aliphatic carboxylic acids is 1. The van der Waals surface area contributed by atoms with E-state index in [0.717, 1.165) is 24.0 Å². The molecule has 0 spiro atoms. The number of aliphatic hydroxyl groups is 1. The van der Waals surface area contributed by atoms with Gasteiger partial charge in [-0.25, -0.2) is 4.79 Å². The maximum Gasteiger partial charge on any atom is 0.328 e. The van der Waals surface area contributed by atoms with E-state index in [1.165, 1.54) is 11.6 Å². The van der Waals surface area contributed by atoms with E-state index in [1.54, 1.807) is 13.0 Å². The Kier molecular flexibility index (Phi) is 7.00. The molecule has 2 N–H and O–H groups in total. The molecule has 0 unspecified atom stereocenters. The van der Waals surface area contributed by atoms with Gasteiger partial charge in [-0.2, -0.15) is 0 Å². The van der Waals surface area contributed by atoms with Crippen molar-refractivity contribution in [2.75, 3.05) is 0 Å². The number of carboxylic acids is 1. The molecule has 2 rings (SSSR count). The van der Waals surface area contributed by atoms with Gasteiger partial charge in [-0.05, 0) is 43.4 Å². The van der Waals surface area contributed by atoms with Crippen LogP contribution >= 0.6 is 0 Å². The van der Waals surface area contributed by atoms with Crippen LogP contribution in [-0.2, 0) is 10.2 Å². The van der Waals surface area contributed by atoms with Gasteiger partial charge in [-0.1, -0.05) is 73.2 Å². The molecule has 0 saturated carbocycles. The highest BCUT2D eigenvalue weighted by atomic mass is 16.4. The lowest BCUT2D eigenvalue weighted by Gasteiger charge is -2.36. The summed E-state index contributed by atoms with van der Waals surface area (Å²) in [6.45, 7) is 5.92. The van der Waals surface area contributed by atoms with Crippen LogP contribution in [0.5, 0.6) is 0 Å². The molecule has 1 aromatic carbocycles. The van der Waals surface area contributed by atoms with E-state index >= 15 is 0 Å². The molecule has 0 aliphatic heterocycles. The fourth-order valence-corrected chi connectivity index (χ4v) is 3.45. The molecule has 1 aliphatic rings. The van der Waals surface area contributed by atoms with Crippen molar-refractivity contribution in [2.24, 2.45) is 0 Å². The van der Waals surface area contributed by atoms with E-state index in [1.807, 2.05) is 49.4 Å².